The average Bonchev–Trinajstić information content (AvgIpc) is 3.26. The summed E-state index contributed by atoms with van der Waals surface area (Å²) in [6, 6.07) is 6.32. The Bertz CT molecular complexity index is 473. The lowest BCUT2D eigenvalue weighted by molar-refractivity contribution is -0.124. The van der Waals surface area contributed by atoms with Gasteiger partial charge >= 0.3 is 0 Å². The van der Waals surface area contributed by atoms with Gasteiger partial charge in [-0.05, 0) is 57.0 Å². The lowest BCUT2D eigenvalue weighted by Gasteiger charge is -2.37. The van der Waals surface area contributed by atoms with Crippen molar-refractivity contribution in [3.63, 3.8) is 0 Å². The van der Waals surface area contributed by atoms with Crippen LogP contribution in [0, 0.1) is 11.7 Å². The van der Waals surface area contributed by atoms with Gasteiger partial charge in [-0.15, -0.1) is 0 Å². The fourth-order valence-corrected chi connectivity index (χ4v) is 2.73. The number of hydrogen-bond acceptors (Lipinski definition) is 3. The first-order valence-electron chi connectivity index (χ1n) is 7.03. The van der Waals surface area contributed by atoms with Crippen LogP contribution in [0.4, 0.5) is 10.1 Å². The molecule has 5 heteroatoms. The van der Waals surface area contributed by atoms with Crippen molar-refractivity contribution in [2.24, 2.45) is 11.7 Å². The van der Waals surface area contributed by atoms with E-state index in [9.17, 15) is 9.18 Å². The summed E-state index contributed by atoms with van der Waals surface area (Å²) < 4.78 is 13.0. The summed E-state index contributed by atoms with van der Waals surface area (Å²) in [6.07, 6.45) is 2.04. The molecule has 1 unspecified atom stereocenters. The van der Waals surface area contributed by atoms with Gasteiger partial charge in [-0.3, -0.25) is 4.79 Å². The van der Waals surface area contributed by atoms with Gasteiger partial charge in [-0.25, -0.2) is 4.39 Å². The van der Waals surface area contributed by atoms with E-state index >= 15 is 0 Å². The fourth-order valence-electron chi connectivity index (χ4n) is 2.73. The average molecular weight is 279 g/mol. The van der Waals surface area contributed by atoms with Gasteiger partial charge in [0.05, 0.1) is 0 Å². The second-order valence-corrected chi connectivity index (χ2v) is 5.35. The third-order valence-corrected chi connectivity index (χ3v) is 4.17. The van der Waals surface area contributed by atoms with Gasteiger partial charge in [0, 0.05) is 18.8 Å². The second-order valence-electron chi connectivity index (χ2n) is 5.35. The van der Waals surface area contributed by atoms with Crippen LogP contribution in [0.25, 0.3) is 0 Å². The van der Waals surface area contributed by atoms with E-state index in [0.29, 0.717) is 12.5 Å². The molecule has 1 aromatic carbocycles. The monoisotopic (exact) mass is 279 g/mol. The largest absolute Gasteiger partial charge is 0.369 e. The van der Waals surface area contributed by atoms with E-state index in [0.717, 1.165) is 25.1 Å². The standard InChI is InChI=1S/C15H22FN3O/c1-3-19(13-8-6-12(16)7-9-13)10-15(18-2,14(17)20)11-4-5-11/h6-9,11,18H,3-5,10H2,1-2H3,(H2,17,20). The number of primary amides is 1. The number of anilines is 1. The third-order valence-electron chi connectivity index (χ3n) is 4.17. The molecular weight excluding hydrogens is 257 g/mol. The topological polar surface area (TPSA) is 58.4 Å². The van der Waals surface area contributed by atoms with E-state index in [2.05, 4.69) is 10.2 Å². The molecule has 2 rings (SSSR count). The molecule has 4 nitrogen and oxygen atoms in total. The number of amides is 1. The summed E-state index contributed by atoms with van der Waals surface area (Å²) in [7, 11) is 1.78. The lowest BCUT2D eigenvalue weighted by Crippen LogP contribution is -2.62. The van der Waals surface area contributed by atoms with Gasteiger partial charge in [0.2, 0.25) is 5.91 Å². The number of carbonyl (C=O) groups is 1. The fraction of sp³-hybridized carbons (Fsp3) is 0.533. The van der Waals surface area contributed by atoms with Crippen molar-refractivity contribution in [1.82, 2.24) is 5.32 Å². The second kappa shape index (κ2) is 5.79. The van der Waals surface area contributed by atoms with Gasteiger partial charge in [0.1, 0.15) is 11.4 Å². The Labute approximate surface area is 119 Å². The van der Waals surface area contributed by atoms with Crippen LogP contribution in [0.2, 0.25) is 0 Å². The van der Waals surface area contributed by atoms with Crippen LogP contribution in [0.1, 0.15) is 19.8 Å². The smallest absolute Gasteiger partial charge is 0.239 e. The minimum atomic E-state index is -0.704. The molecule has 3 N–H and O–H groups in total. The predicted octanol–water partition coefficient (Wildman–Crippen LogP) is 1.51. The number of halogens is 1. The number of likely N-dealkylation sites (N-methyl/N-ethyl adjacent to an activating group) is 2. The van der Waals surface area contributed by atoms with Crippen LogP contribution in [-0.2, 0) is 4.79 Å². The highest BCUT2D eigenvalue weighted by Crippen LogP contribution is 2.40. The molecule has 1 atom stereocenters. The predicted molar refractivity (Wildman–Crippen MR) is 78.0 cm³/mol. The van der Waals surface area contributed by atoms with Crippen LogP contribution in [0.3, 0.4) is 0 Å². The number of carbonyl (C=O) groups excluding carboxylic acids is 1. The quantitative estimate of drug-likeness (QED) is 0.795. The molecule has 0 bridgehead atoms. The van der Waals surface area contributed by atoms with Crippen LogP contribution >= 0.6 is 0 Å². The van der Waals surface area contributed by atoms with Crippen LogP contribution in [0.15, 0.2) is 24.3 Å². The maximum Gasteiger partial charge on any atom is 0.239 e. The molecule has 0 heterocycles. The summed E-state index contributed by atoms with van der Waals surface area (Å²) in [4.78, 5) is 14.0. The molecule has 1 aliphatic rings. The molecule has 0 saturated heterocycles. The van der Waals surface area contributed by atoms with E-state index in [1.54, 1.807) is 19.2 Å². The molecule has 110 valence electrons. The van der Waals surface area contributed by atoms with Gasteiger partial charge < -0.3 is 16.0 Å². The minimum Gasteiger partial charge on any atom is -0.369 e. The van der Waals surface area contributed by atoms with E-state index in [-0.39, 0.29) is 11.7 Å². The molecule has 0 aliphatic heterocycles. The summed E-state index contributed by atoms with van der Waals surface area (Å²) in [5.74, 6) is -0.288. The Morgan fingerprint density at radius 2 is 2.05 bits per heavy atom. The van der Waals surface area contributed by atoms with Gasteiger partial charge in [-0.1, -0.05) is 0 Å². The highest BCUT2D eigenvalue weighted by atomic mass is 19.1. The zero-order chi connectivity index (χ0) is 14.8. The van der Waals surface area contributed by atoms with E-state index in [1.165, 1.54) is 12.1 Å². The SMILES string of the molecule is CCN(CC(NC)(C(N)=O)C1CC1)c1ccc(F)cc1. The molecule has 1 aromatic rings. The van der Waals surface area contributed by atoms with Gasteiger partial charge in [0.25, 0.3) is 0 Å². The number of rotatable bonds is 7. The first kappa shape index (κ1) is 14.8. The molecule has 1 saturated carbocycles. The lowest BCUT2D eigenvalue weighted by atomic mass is 9.91. The molecule has 0 spiro atoms. The molecule has 0 aromatic heterocycles. The van der Waals surface area contributed by atoms with Crippen molar-refractivity contribution in [2.75, 3.05) is 25.0 Å². The number of hydrogen-bond donors (Lipinski definition) is 2. The van der Waals surface area contributed by atoms with Crippen molar-refractivity contribution < 1.29 is 9.18 Å². The Hall–Kier alpha value is -1.62. The van der Waals surface area contributed by atoms with Crippen LogP contribution in [-0.4, -0.2) is 31.6 Å². The van der Waals surface area contributed by atoms with E-state index in [4.69, 9.17) is 5.73 Å². The molecule has 1 aliphatic carbocycles. The van der Waals surface area contributed by atoms with E-state index < -0.39 is 5.54 Å². The summed E-state index contributed by atoms with van der Waals surface area (Å²) in [5, 5.41) is 3.13. The van der Waals surface area contributed by atoms with Crippen molar-refractivity contribution in [3.05, 3.63) is 30.1 Å². The van der Waals surface area contributed by atoms with E-state index in [1.807, 2.05) is 6.92 Å². The normalized spacial score (nSPS) is 17.6. The highest BCUT2D eigenvalue weighted by Gasteiger charge is 2.49. The number of nitrogens with zero attached hydrogens (tertiary/aromatic N) is 1. The van der Waals surface area contributed by atoms with Crippen molar-refractivity contribution in [2.45, 2.75) is 25.3 Å². The maximum absolute atomic E-state index is 13.0. The molecule has 20 heavy (non-hydrogen) atoms. The first-order chi connectivity index (χ1) is 9.53. The van der Waals surface area contributed by atoms with Crippen LogP contribution in [0.5, 0.6) is 0 Å². The Kier molecular flexibility index (Phi) is 4.28. The number of nitrogens with one attached hydrogen (secondary N) is 1. The van der Waals surface area contributed by atoms with Gasteiger partial charge in [-0.2, -0.15) is 0 Å². The molecule has 1 fully saturated rings. The molecule has 1 amide bonds. The van der Waals surface area contributed by atoms with Crippen molar-refractivity contribution >= 4 is 11.6 Å². The number of nitrogens with two attached hydrogens (primary N) is 1. The zero-order valence-corrected chi connectivity index (χ0v) is 12.0. The first-order valence-corrected chi connectivity index (χ1v) is 7.03. The maximum atomic E-state index is 13.0. The van der Waals surface area contributed by atoms with Gasteiger partial charge in [0.15, 0.2) is 0 Å². The highest BCUT2D eigenvalue weighted by molar-refractivity contribution is 5.86. The Morgan fingerprint density at radius 3 is 2.45 bits per heavy atom. The summed E-state index contributed by atoms with van der Waals surface area (Å²) in [5.41, 5.74) is 5.83. The Balaban J connectivity index is 2.23. The third kappa shape index (κ3) is 2.77. The Morgan fingerprint density at radius 1 is 1.45 bits per heavy atom. The molecule has 0 radical (unpaired) electrons. The zero-order valence-electron chi connectivity index (χ0n) is 12.0. The molecular formula is C15H22FN3O. The number of benzene rings is 1. The summed E-state index contributed by atoms with van der Waals surface area (Å²) in [6.45, 7) is 3.25. The summed E-state index contributed by atoms with van der Waals surface area (Å²) >= 11 is 0. The minimum absolute atomic E-state index is 0.262. The van der Waals surface area contributed by atoms with Crippen molar-refractivity contribution in [1.29, 1.82) is 0 Å². The van der Waals surface area contributed by atoms with Crippen LogP contribution < -0.4 is 16.0 Å². The van der Waals surface area contributed by atoms with Crippen molar-refractivity contribution in [3.8, 4) is 0 Å².